The van der Waals surface area contributed by atoms with Gasteiger partial charge < -0.3 is 10.2 Å². The van der Waals surface area contributed by atoms with Crippen molar-refractivity contribution in [1.82, 2.24) is 15.2 Å². The van der Waals surface area contributed by atoms with E-state index >= 15 is 0 Å². The monoisotopic (exact) mass is 282 g/mol. The van der Waals surface area contributed by atoms with Crippen molar-refractivity contribution < 1.29 is 14.4 Å². The molecule has 1 N–H and O–H groups in total. The molecule has 0 saturated heterocycles. The fourth-order valence-electron chi connectivity index (χ4n) is 1.87. The summed E-state index contributed by atoms with van der Waals surface area (Å²) in [7, 11) is 1.52. The zero-order chi connectivity index (χ0) is 15.3. The molecule has 112 valence electrons. The summed E-state index contributed by atoms with van der Waals surface area (Å²) in [6.45, 7) is 5.95. The van der Waals surface area contributed by atoms with Gasteiger partial charge in [0.05, 0.1) is 6.54 Å². The molecular weight excluding hydrogens is 260 g/mol. The molecule has 0 aromatic carbocycles. The van der Waals surface area contributed by atoms with E-state index in [0.29, 0.717) is 18.7 Å². The second-order valence-corrected chi connectivity index (χ2v) is 5.01. The molecule has 7 heteroatoms. The van der Waals surface area contributed by atoms with E-state index in [0.717, 1.165) is 0 Å². The zero-order valence-corrected chi connectivity index (χ0v) is 12.5. The van der Waals surface area contributed by atoms with Gasteiger partial charge >= 0.3 is 0 Å². The molecule has 1 aliphatic rings. The lowest BCUT2D eigenvalue weighted by Crippen LogP contribution is -2.46. The first-order chi connectivity index (χ1) is 9.35. The molecule has 0 bridgehead atoms. The SMILES string of the molecule is CCN(CC(=O)NC(C)C)C(=O)C1=NN(C)C(=O)CC1. The van der Waals surface area contributed by atoms with E-state index in [1.807, 2.05) is 13.8 Å². The summed E-state index contributed by atoms with van der Waals surface area (Å²) in [6.07, 6.45) is 0.598. The Bertz CT molecular complexity index is 431. The topological polar surface area (TPSA) is 82.1 Å². The minimum absolute atomic E-state index is 0.00416. The molecule has 0 aromatic heterocycles. The highest BCUT2D eigenvalue weighted by atomic mass is 16.2. The quantitative estimate of drug-likeness (QED) is 0.768. The first-order valence-corrected chi connectivity index (χ1v) is 6.77. The Morgan fingerprint density at radius 1 is 1.40 bits per heavy atom. The van der Waals surface area contributed by atoms with E-state index in [1.165, 1.54) is 17.0 Å². The molecule has 7 nitrogen and oxygen atoms in total. The number of nitrogens with one attached hydrogen (secondary N) is 1. The number of likely N-dealkylation sites (N-methyl/N-ethyl adjacent to an activating group) is 1. The Labute approximate surface area is 119 Å². The van der Waals surface area contributed by atoms with E-state index in [9.17, 15) is 14.4 Å². The van der Waals surface area contributed by atoms with Crippen LogP contribution < -0.4 is 5.32 Å². The van der Waals surface area contributed by atoms with Crippen LogP contribution in [-0.4, -0.2) is 59.5 Å². The molecule has 0 spiro atoms. The molecule has 1 rings (SSSR count). The molecule has 1 heterocycles. The predicted molar refractivity (Wildman–Crippen MR) is 75.0 cm³/mol. The van der Waals surface area contributed by atoms with Crippen LogP contribution in [0.25, 0.3) is 0 Å². The summed E-state index contributed by atoms with van der Waals surface area (Å²) in [5.41, 5.74) is 0.325. The highest BCUT2D eigenvalue weighted by Gasteiger charge is 2.26. The lowest BCUT2D eigenvalue weighted by atomic mass is 10.1. The van der Waals surface area contributed by atoms with Gasteiger partial charge in [0.15, 0.2) is 0 Å². The highest BCUT2D eigenvalue weighted by molar-refractivity contribution is 6.39. The Kier molecular flexibility index (Phi) is 5.66. The van der Waals surface area contributed by atoms with E-state index in [-0.39, 0.29) is 36.7 Å². The maximum atomic E-state index is 12.3. The van der Waals surface area contributed by atoms with Gasteiger partial charge in [0.1, 0.15) is 5.71 Å². The molecule has 3 amide bonds. The fraction of sp³-hybridized carbons (Fsp3) is 0.692. The van der Waals surface area contributed by atoms with Crippen LogP contribution in [0, 0.1) is 0 Å². The average Bonchev–Trinajstić information content (AvgIpc) is 2.37. The number of amides is 3. The smallest absolute Gasteiger partial charge is 0.270 e. The van der Waals surface area contributed by atoms with Gasteiger partial charge in [-0.3, -0.25) is 14.4 Å². The number of hydrogen-bond donors (Lipinski definition) is 1. The lowest BCUT2D eigenvalue weighted by molar-refractivity contribution is -0.132. The average molecular weight is 282 g/mol. The molecule has 0 aliphatic carbocycles. The van der Waals surface area contributed by atoms with Gasteiger partial charge in [-0.2, -0.15) is 5.10 Å². The number of rotatable bonds is 5. The Morgan fingerprint density at radius 2 is 2.05 bits per heavy atom. The van der Waals surface area contributed by atoms with Crippen LogP contribution in [0.3, 0.4) is 0 Å². The first-order valence-electron chi connectivity index (χ1n) is 6.77. The van der Waals surface area contributed by atoms with Gasteiger partial charge in [-0.25, -0.2) is 5.01 Å². The van der Waals surface area contributed by atoms with Crippen molar-refractivity contribution >= 4 is 23.4 Å². The van der Waals surface area contributed by atoms with Gasteiger partial charge in [-0.05, 0) is 20.8 Å². The fourth-order valence-corrected chi connectivity index (χ4v) is 1.87. The third kappa shape index (κ3) is 4.32. The largest absolute Gasteiger partial charge is 0.352 e. The summed E-state index contributed by atoms with van der Waals surface area (Å²) >= 11 is 0. The third-order valence-electron chi connectivity index (χ3n) is 2.91. The molecule has 0 saturated carbocycles. The van der Waals surface area contributed by atoms with Crippen molar-refractivity contribution in [2.75, 3.05) is 20.1 Å². The van der Waals surface area contributed by atoms with Gasteiger partial charge in [0.25, 0.3) is 5.91 Å². The second kappa shape index (κ2) is 7.02. The van der Waals surface area contributed by atoms with Crippen molar-refractivity contribution in [2.45, 2.75) is 39.7 Å². The minimum atomic E-state index is -0.286. The van der Waals surface area contributed by atoms with Crippen LogP contribution in [0.1, 0.15) is 33.6 Å². The lowest BCUT2D eigenvalue weighted by Gasteiger charge is -2.25. The molecule has 1 aliphatic heterocycles. The molecule has 0 radical (unpaired) electrons. The van der Waals surface area contributed by atoms with Crippen molar-refractivity contribution in [2.24, 2.45) is 5.10 Å². The summed E-state index contributed by atoms with van der Waals surface area (Å²) in [4.78, 5) is 36.8. The molecule has 0 fully saturated rings. The number of hydrogen-bond acceptors (Lipinski definition) is 4. The molecule has 0 atom stereocenters. The normalized spacial score (nSPS) is 15.2. The van der Waals surface area contributed by atoms with Crippen LogP contribution in [0.15, 0.2) is 5.10 Å². The van der Waals surface area contributed by atoms with E-state index in [2.05, 4.69) is 10.4 Å². The van der Waals surface area contributed by atoms with Crippen molar-refractivity contribution in [1.29, 1.82) is 0 Å². The summed E-state index contributed by atoms with van der Waals surface area (Å²) in [5.74, 6) is -0.594. The van der Waals surface area contributed by atoms with E-state index in [1.54, 1.807) is 6.92 Å². The van der Waals surface area contributed by atoms with Crippen LogP contribution in [0.2, 0.25) is 0 Å². The Morgan fingerprint density at radius 3 is 2.55 bits per heavy atom. The van der Waals surface area contributed by atoms with Crippen molar-refractivity contribution in [3.05, 3.63) is 0 Å². The summed E-state index contributed by atoms with van der Waals surface area (Å²) in [6, 6.07) is 0.0343. The van der Waals surface area contributed by atoms with Gasteiger partial charge in [-0.15, -0.1) is 0 Å². The van der Waals surface area contributed by atoms with Crippen molar-refractivity contribution in [3.63, 3.8) is 0 Å². The maximum absolute atomic E-state index is 12.3. The highest BCUT2D eigenvalue weighted by Crippen LogP contribution is 2.09. The molecule has 0 unspecified atom stereocenters. The standard InChI is InChI=1S/C13H22N4O3/c1-5-17(8-11(18)14-9(2)3)13(20)10-6-7-12(19)16(4)15-10/h9H,5-8H2,1-4H3,(H,14,18). The predicted octanol–water partition coefficient (Wildman–Crippen LogP) is -0.0323. The number of hydrazone groups is 1. The first kappa shape index (κ1) is 16.1. The maximum Gasteiger partial charge on any atom is 0.270 e. The van der Waals surface area contributed by atoms with E-state index < -0.39 is 0 Å². The summed E-state index contributed by atoms with van der Waals surface area (Å²) < 4.78 is 0. The second-order valence-electron chi connectivity index (χ2n) is 5.01. The van der Waals surface area contributed by atoms with Crippen LogP contribution in [0.4, 0.5) is 0 Å². The van der Waals surface area contributed by atoms with Crippen LogP contribution >= 0.6 is 0 Å². The number of nitrogens with zero attached hydrogens (tertiary/aromatic N) is 3. The Hall–Kier alpha value is -1.92. The molecular formula is C13H22N4O3. The minimum Gasteiger partial charge on any atom is -0.352 e. The van der Waals surface area contributed by atoms with Gasteiger partial charge in [0.2, 0.25) is 11.8 Å². The Balaban J connectivity index is 2.70. The molecule has 20 heavy (non-hydrogen) atoms. The van der Waals surface area contributed by atoms with E-state index in [4.69, 9.17) is 0 Å². The third-order valence-corrected chi connectivity index (χ3v) is 2.91. The number of carbonyl (C=O) groups excluding carboxylic acids is 3. The summed E-state index contributed by atoms with van der Waals surface area (Å²) in [5, 5.41) is 7.90. The van der Waals surface area contributed by atoms with Gasteiger partial charge in [0, 0.05) is 32.5 Å². The number of carbonyl (C=O) groups is 3. The van der Waals surface area contributed by atoms with Crippen LogP contribution in [0.5, 0.6) is 0 Å². The van der Waals surface area contributed by atoms with Crippen LogP contribution in [-0.2, 0) is 14.4 Å². The zero-order valence-electron chi connectivity index (χ0n) is 12.5. The van der Waals surface area contributed by atoms with Crippen molar-refractivity contribution in [3.8, 4) is 0 Å². The molecule has 0 aromatic rings. The van der Waals surface area contributed by atoms with Gasteiger partial charge in [-0.1, -0.05) is 0 Å².